The first-order chi connectivity index (χ1) is 10.7. The Bertz CT molecular complexity index is 897. The molecule has 0 bridgehead atoms. The van der Waals surface area contributed by atoms with Crippen LogP contribution in [0.15, 0.2) is 33.7 Å². The first kappa shape index (κ1) is 13.1. The highest BCUT2D eigenvalue weighted by molar-refractivity contribution is 5.88. The fourth-order valence-corrected chi connectivity index (χ4v) is 2.84. The topological polar surface area (TPSA) is 62.5 Å². The highest BCUT2D eigenvalue weighted by Crippen LogP contribution is 2.32. The van der Waals surface area contributed by atoms with Crippen molar-refractivity contribution >= 4 is 22.5 Å². The third kappa shape index (κ3) is 2.09. The molecule has 5 heteroatoms. The summed E-state index contributed by atoms with van der Waals surface area (Å²) < 4.78 is 6.06. The average Bonchev–Trinajstić information content (AvgIpc) is 2.52. The van der Waals surface area contributed by atoms with Crippen LogP contribution in [0.1, 0.15) is 12.5 Å². The van der Waals surface area contributed by atoms with Crippen LogP contribution in [-0.4, -0.2) is 24.6 Å². The second-order valence-electron chi connectivity index (χ2n) is 5.51. The standard InChI is InChI=1S/C17H18N4O/c1-3-18-11-8-16-14(6-10(11)2)21-15-7-12-13(9-17(15)22-16)20-5-4-19-12/h6-9,19-20H,3-5H2,1-2H3/b18-11-. The van der Waals surface area contributed by atoms with Gasteiger partial charge in [0, 0.05) is 31.8 Å². The fourth-order valence-electron chi connectivity index (χ4n) is 2.84. The van der Waals surface area contributed by atoms with Crippen molar-refractivity contribution in [3.63, 3.8) is 0 Å². The molecule has 4 rings (SSSR count). The van der Waals surface area contributed by atoms with Gasteiger partial charge in [0.25, 0.3) is 0 Å². The van der Waals surface area contributed by atoms with Crippen molar-refractivity contribution < 1.29 is 4.42 Å². The highest BCUT2D eigenvalue weighted by atomic mass is 16.3. The van der Waals surface area contributed by atoms with Gasteiger partial charge in [0.2, 0.25) is 0 Å². The van der Waals surface area contributed by atoms with Gasteiger partial charge >= 0.3 is 0 Å². The summed E-state index contributed by atoms with van der Waals surface area (Å²) in [7, 11) is 0. The number of hydrogen-bond acceptors (Lipinski definition) is 5. The summed E-state index contributed by atoms with van der Waals surface area (Å²) >= 11 is 0. The molecule has 2 N–H and O–H groups in total. The summed E-state index contributed by atoms with van der Waals surface area (Å²) in [6, 6.07) is 8.07. The Hall–Kier alpha value is -2.56. The van der Waals surface area contributed by atoms with Gasteiger partial charge in [-0.2, -0.15) is 0 Å². The van der Waals surface area contributed by atoms with E-state index in [4.69, 9.17) is 9.40 Å². The van der Waals surface area contributed by atoms with Gasteiger partial charge in [-0.25, -0.2) is 4.98 Å². The Labute approximate surface area is 128 Å². The van der Waals surface area contributed by atoms with Gasteiger partial charge in [0.1, 0.15) is 11.2 Å². The molecule has 22 heavy (non-hydrogen) atoms. The molecule has 0 unspecified atom stereocenters. The first-order valence-electron chi connectivity index (χ1n) is 7.62. The monoisotopic (exact) mass is 294 g/mol. The summed E-state index contributed by atoms with van der Waals surface area (Å²) in [4.78, 5) is 9.24. The third-order valence-electron chi connectivity index (χ3n) is 3.92. The average molecular weight is 294 g/mol. The van der Waals surface area contributed by atoms with Crippen LogP contribution in [0.5, 0.6) is 0 Å². The summed E-state index contributed by atoms with van der Waals surface area (Å²) in [5.41, 5.74) is 5.78. The van der Waals surface area contributed by atoms with Crippen LogP contribution in [0, 0.1) is 6.92 Å². The third-order valence-corrected chi connectivity index (χ3v) is 3.92. The molecular weight excluding hydrogens is 276 g/mol. The van der Waals surface area contributed by atoms with Gasteiger partial charge in [0.05, 0.1) is 16.7 Å². The van der Waals surface area contributed by atoms with E-state index in [1.54, 1.807) is 0 Å². The SMILES string of the molecule is CC/N=c1/cc2oc3cc4c(cc3nc-2cc1C)NCCN4. The summed E-state index contributed by atoms with van der Waals surface area (Å²) in [6.07, 6.45) is 0. The van der Waals surface area contributed by atoms with E-state index in [1.807, 2.05) is 31.2 Å². The Morgan fingerprint density at radius 2 is 1.91 bits per heavy atom. The second-order valence-corrected chi connectivity index (χ2v) is 5.51. The number of benzene rings is 2. The van der Waals surface area contributed by atoms with E-state index in [0.29, 0.717) is 0 Å². The van der Waals surface area contributed by atoms with Gasteiger partial charge in [-0.15, -0.1) is 0 Å². The van der Waals surface area contributed by atoms with Gasteiger partial charge in [-0.05, 0) is 31.5 Å². The summed E-state index contributed by atoms with van der Waals surface area (Å²) in [5, 5.41) is 7.73. The molecule has 2 heterocycles. The molecule has 1 aliphatic carbocycles. The summed E-state index contributed by atoms with van der Waals surface area (Å²) in [6.45, 7) is 6.68. The summed E-state index contributed by atoms with van der Waals surface area (Å²) in [5.74, 6) is 0.772. The molecule has 0 saturated carbocycles. The van der Waals surface area contributed by atoms with Crippen LogP contribution < -0.4 is 16.0 Å². The van der Waals surface area contributed by atoms with Crippen molar-refractivity contribution in [1.29, 1.82) is 0 Å². The lowest BCUT2D eigenvalue weighted by Gasteiger charge is -2.20. The maximum Gasteiger partial charge on any atom is 0.155 e. The molecule has 2 aliphatic heterocycles. The Morgan fingerprint density at radius 3 is 2.68 bits per heavy atom. The van der Waals surface area contributed by atoms with E-state index >= 15 is 0 Å². The molecule has 0 radical (unpaired) electrons. The molecule has 1 aromatic carbocycles. The highest BCUT2D eigenvalue weighted by Gasteiger charge is 2.14. The molecule has 0 spiro atoms. The van der Waals surface area contributed by atoms with Crippen LogP contribution in [-0.2, 0) is 0 Å². The van der Waals surface area contributed by atoms with Crippen molar-refractivity contribution in [3.8, 4) is 11.5 Å². The predicted octanol–water partition coefficient (Wildman–Crippen LogP) is 3.00. The molecule has 1 aromatic rings. The molecule has 5 nitrogen and oxygen atoms in total. The van der Waals surface area contributed by atoms with E-state index in [1.165, 1.54) is 0 Å². The predicted molar refractivity (Wildman–Crippen MR) is 88.5 cm³/mol. The largest absolute Gasteiger partial charge is 0.453 e. The molecule has 0 fully saturated rings. The maximum atomic E-state index is 6.06. The lowest BCUT2D eigenvalue weighted by Crippen LogP contribution is -2.20. The van der Waals surface area contributed by atoms with E-state index in [9.17, 15) is 0 Å². The van der Waals surface area contributed by atoms with E-state index in [2.05, 4.69) is 22.5 Å². The number of nitrogens with one attached hydrogen (secondary N) is 2. The van der Waals surface area contributed by atoms with Crippen LogP contribution in [0.2, 0.25) is 0 Å². The minimum absolute atomic E-state index is 0.760. The Kier molecular flexibility index (Phi) is 2.99. The molecule has 0 amide bonds. The minimum atomic E-state index is 0.760. The molecule has 3 aliphatic rings. The molecule has 0 atom stereocenters. The number of hydrogen-bond donors (Lipinski definition) is 2. The second kappa shape index (κ2) is 5.02. The zero-order valence-electron chi connectivity index (χ0n) is 12.7. The number of nitrogens with zero attached hydrogens (tertiary/aromatic N) is 2. The van der Waals surface area contributed by atoms with Gasteiger partial charge in [0.15, 0.2) is 11.3 Å². The Balaban J connectivity index is 1.99. The zero-order valence-corrected chi connectivity index (χ0v) is 12.7. The van der Waals surface area contributed by atoms with Crippen LogP contribution in [0.3, 0.4) is 0 Å². The van der Waals surface area contributed by atoms with Crippen LogP contribution in [0.25, 0.3) is 22.6 Å². The lowest BCUT2D eigenvalue weighted by molar-refractivity contribution is 0.612. The number of aromatic nitrogens is 1. The van der Waals surface area contributed by atoms with Crippen molar-refractivity contribution in [3.05, 3.63) is 35.2 Å². The van der Waals surface area contributed by atoms with E-state index in [-0.39, 0.29) is 0 Å². The number of fused-ring (bicyclic) bond motifs is 3. The minimum Gasteiger partial charge on any atom is -0.453 e. The van der Waals surface area contributed by atoms with Gasteiger partial charge < -0.3 is 15.1 Å². The molecule has 112 valence electrons. The van der Waals surface area contributed by atoms with E-state index in [0.717, 1.165) is 64.5 Å². The van der Waals surface area contributed by atoms with Crippen LogP contribution in [0.4, 0.5) is 11.4 Å². The normalized spacial score (nSPS) is 14.7. The van der Waals surface area contributed by atoms with Gasteiger partial charge in [-0.1, -0.05) is 0 Å². The first-order valence-corrected chi connectivity index (χ1v) is 7.62. The lowest BCUT2D eigenvalue weighted by atomic mass is 10.1. The maximum absolute atomic E-state index is 6.06. The zero-order chi connectivity index (χ0) is 15.1. The van der Waals surface area contributed by atoms with E-state index < -0.39 is 0 Å². The van der Waals surface area contributed by atoms with Crippen molar-refractivity contribution in [2.24, 2.45) is 4.99 Å². The molecule has 0 aromatic heterocycles. The Morgan fingerprint density at radius 1 is 1.14 bits per heavy atom. The van der Waals surface area contributed by atoms with Gasteiger partial charge in [-0.3, -0.25) is 4.99 Å². The fraction of sp³-hybridized carbons (Fsp3) is 0.294. The van der Waals surface area contributed by atoms with Crippen molar-refractivity contribution in [1.82, 2.24) is 4.98 Å². The molecular formula is C17H18N4O. The quantitative estimate of drug-likeness (QED) is 0.677. The number of aryl methyl sites for hydroxylation is 1. The van der Waals surface area contributed by atoms with Crippen molar-refractivity contribution in [2.45, 2.75) is 13.8 Å². The molecule has 0 saturated heterocycles. The number of anilines is 2. The number of rotatable bonds is 1. The smallest absolute Gasteiger partial charge is 0.155 e. The van der Waals surface area contributed by atoms with Crippen molar-refractivity contribution in [2.75, 3.05) is 30.3 Å². The van der Waals surface area contributed by atoms with Crippen LogP contribution >= 0.6 is 0 Å².